The predicted molar refractivity (Wildman–Crippen MR) is 67.9 cm³/mol. The Balaban J connectivity index is 2.27. The van der Waals surface area contributed by atoms with Gasteiger partial charge in [0.05, 0.1) is 0 Å². The summed E-state index contributed by atoms with van der Waals surface area (Å²) in [6, 6.07) is 9.10. The zero-order valence-electron chi connectivity index (χ0n) is 9.52. The van der Waals surface area contributed by atoms with Crippen molar-refractivity contribution in [3.05, 3.63) is 60.4 Å². The van der Waals surface area contributed by atoms with Gasteiger partial charge in [0.2, 0.25) is 0 Å². The Bertz CT molecular complexity index is 488. The van der Waals surface area contributed by atoms with E-state index in [9.17, 15) is 4.79 Å². The van der Waals surface area contributed by atoms with Crippen LogP contribution in [0.1, 0.15) is 23.2 Å². The molecule has 1 aliphatic rings. The van der Waals surface area contributed by atoms with Gasteiger partial charge in [-0.3, -0.25) is 9.69 Å². The van der Waals surface area contributed by atoms with Gasteiger partial charge in [-0.05, 0) is 31.1 Å². The van der Waals surface area contributed by atoms with E-state index in [4.69, 9.17) is 5.41 Å². The van der Waals surface area contributed by atoms with Crippen molar-refractivity contribution in [1.29, 1.82) is 5.41 Å². The number of rotatable bonds is 1. The molecule has 2 rings (SSSR count). The number of hydrogen-bond acceptors (Lipinski definition) is 2. The smallest absolute Gasteiger partial charge is 0.262 e. The normalized spacial score (nSPS) is 15.9. The summed E-state index contributed by atoms with van der Waals surface area (Å²) in [5.74, 6) is -0.0958. The number of carbonyl (C=O) groups is 1. The number of nitrogens with zero attached hydrogens (tertiary/aromatic N) is 1. The van der Waals surface area contributed by atoms with Crippen molar-refractivity contribution in [2.45, 2.75) is 12.8 Å². The second-order valence-electron chi connectivity index (χ2n) is 3.95. The molecule has 1 aliphatic heterocycles. The maximum absolute atomic E-state index is 12.2. The van der Waals surface area contributed by atoms with E-state index >= 15 is 0 Å². The molecule has 0 aromatic heterocycles. The lowest BCUT2D eigenvalue weighted by Crippen LogP contribution is -2.23. The number of hydrogen-bond donors (Lipinski definition) is 1. The van der Waals surface area contributed by atoms with Crippen LogP contribution >= 0.6 is 0 Å². The Hall–Kier alpha value is -2.16. The molecule has 86 valence electrons. The maximum Gasteiger partial charge on any atom is 0.262 e. The highest BCUT2D eigenvalue weighted by Gasteiger charge is 2.18. The van der Waals surface area contributed by atoms with Crippen molar-refractivity contribution < 1.29 is 4.79 Å². The first-order chi connectivity index (χ1) is 8.18. The topological polar surface area (TPSA) is 44.2 Å². The van der Waals surface area contributed by atoms with Crippen molar-refractivity contribution in [1.82, 2.24) is 4.90 Å². The summed E-state index contributed by atoms with van der Waals surface area (Å²) in [4.78, 5) is 13.7. The number of allylic oxidation sites excluding steroid dienone is 2. The molecule has 0 unspecified atom stereocenters. The van der Waals surface area contributed by atoms with Gasteiger partial charge < -0.3 is 5.41 Å². The van der Waals surface area contributed by atoms with Crippen LogP contribution in [0.5, 0.6) is 0 Å². The quantitative estimate of drug-likeness (QED) is 0.786. The van der Waals surface area contributed by atoms with Gasteiger partial charge in [-0.1, -0.05) is 24.8 Å². The van der Waals surface area contributed by atoms with Crippen LogP contribution in [-0.2, 0) is 0 Å². The van der Waals surface area contributed by atoms with Crippen molar-refractivity contribution in [3.63, 3.8) is 0 Å². The second-order valence-corrected chi connectivity index (χ2v) is 3.95. The molecule has 0 spiro atoms. The molecule has 0 bridgehead atoms. The van der Waals surface area contributed by atoms with Gasteiger partial charge in [-0.15, -0.1) is 0 Å². The fourth-order valence-electron chi connectivity index (χ4n) is 1.68. The molecule has 1 aromatic carbocycles. The summed E-state index contributed by atoms with van der Waals surface area (Å²) in [5.41, 5.74) is 1.89. The van der Waals surface area contributed by atoms with Gasteiger partial charge in [-0.25, -0.2) is 0 Å². The lowest BCUT2D eigenvalue weighted by Gasteiger charge is -2.19. The Morgan fingerprint density at radius 1 is 1.24 bits per heavy atom. The molecule has 0 radical (unpaired) electrons. The second kappa shape index (κ2) is 4.78. The summed E-state index contributed by atoms with van der Waals surface area (Å²) in [5, 5.41) is 7.59. The first kappa shape index (κ1) is 11.3. The van der Waals surface area contributed by atoms with Crippen LogP contribution in [0.3, 0.4) is 0 Å². The Labute approximate surface area is 101 Å². The standard InChI is InChI=1S/C14H14N2O/c1-11-7-8-13(15)9-10-16(11)14(17)12-5-3-2-4-6-12/h2-6,9-10,15H,1,7-8H2. The minimum Gasteiger partial charge on any atom is -0.305 e. The SMILES string of the molecule is C=C1CCC(=N)C=CN1C(=O)c1ccccc1. The Morgan fingerprint density at radius 3 is 2.65 bits per heavy atom. The van der Waals surface area contributed by atoms with Crippen LogP contribution in [-0.4, -0.2) is 16.5 Å². The minimum absolute atomic E-state index is 0.0958. The highest BCUT2D eigenvalue weighted by molar-refractivity contribution is 5.98. The molecule has 0 aliphatic carbocycles. The van der Waals surface area contributed by atoms with Gasteiger partial charge in [0.1, 0.15) is 0 Å². The van der Waals surface area contributed by atoms with Gasteiger partial charge in [0, 0.05) is 23.2 Å². The van der Waals surface area contributed by atoms with E-state index in [0.717, 1.165) is 5.70 Å². The van der Waals surface area contributed by atoms with Gasteiger partial charge in [0.25, 0.3) is 5.91 Å². The molecule has 0 fully saturated rings. The van der Waals surface area contributed by atoms with Crippen molar-refractivity contribution >= 4 is 11.6 Å². The molecule has 1 heterocycles. The van der Waals surface area contributed by atoms with E-state index in [2.05, 4.69) is 6.58 Å². The number of amides is 1. The van der Waals surface area contributed by atoms with E-state index in [1.54, 1.807) is 24.4 Å². The lowest BCUT2D eigenvalue weighted by molar-refractivity contribution is 0.0855. The summed E-state index contributed by atoms with van der Waals surface area (Å²) in [7, 11) is 0. The molecule has 0 saturated heterocycles. The monoisotopic (exact) mass is 226 g/mol. The molecular formula is C14H14N2O. The third kappa shape index (κ3) is 2.50. The van der Waals surface area contributed by atoms with E-state index in [1.807, 2.05) is 18.2 Å². The first-order valence-corrected chi connectivity index (χ1v) is 5.50. The summed E-state index contributed by atoms with van der Waals surface area (Å²) in [6.07, 6.45) is 4.56. The van der Waals surface area contributed by atoms with Crippen molar-refractivity contribution in [2.24, 2.45) is 0 Å². The third-order valence-electron chi connectivity index (χ3n) is 2.69. The molecular weight excluding hydrogens is 212 g/mol. The lowest BCUT2D eigenvalue weighted by atomic mass is 10.1. The van der Waals surface area contributed by atoms with Crippen LogP contribution in [0.2, 0.25) is 0 Å². The van der Waals surface area contributed by atoms with E-state index in [-0.39, 0.29) is 5.91 Å². The number of carbonyl (C=O) groups excluding carboxylic acids is 1. The van der Waals surface area contributed by atoms with Crippen LogP contribution in [0.4, 0.5) is 0 Å². The number of benzene rings is 1. The fraction of sp³-hybridized carbons (Fsp3) is 0.143. The predicted octanol–water partition coefficient (Wildman–Crippen LogP) is 2.97. The molecule has 17 heavy (non-hydrogen) atoms. The van der Waals surface area contributed by atoms with Crippen LogP contribution in [0.25, 0.3) is 0 Å². The van der Waals surface area contributed by atoms with Gasteiger partial charge >= 0.3 is 0 Å². The zero-order chi connectivity index (χ0) is 12.3. The molecule has 3 heteroatoms. The summed E-state index contributed by atoms with van der Waals surface area (Å²) >= 11 is 0. The van der Waals surface area contributed by atoms with E-state index < -0.39 is 0 Å². The Morgan fingerprint density at radius 2 is 1.94 bits per heavy atom. The average Bonchev–Trinajstić information content (AvgIpc) is 2.52. The summed E-state index contributed by atoms with van der Waals surface area (Å²) < 4.78 is 0. The molecule has 0 atom stereocenters. The average molecular weight is 226 g/mol. The van der Waals surface area contributed by atoms with Crippen molar-refractivity contribution in [3.8, 4) is 0 Å². The highest BCUT2D eigenvalue weighted by atomic mass is 16.2. The zero-order valence-corrected chi connectivity index (χ0v) is 9.52. The molecule has 1 N–H and O–H groups in total. The first-order valence-electron chi connectivity index (χ1n) is 5.50. The number of nitrogens with one attached hydrogen (secondary N) is 1. The van der Waals surface area contributed by atoms with E-state index in [0.29, 0.717) is 24.1 Å². The molecule has 3 nitrogen and oxygen atoms in total. The molecule has 1 amide bonds. The van der Waals surface area contributed by atoms with Gasteiger partial charge in [-0.2, -0.15) is 0 Å². The summed E-state index contributed by atoms with van der Waals surface area (Å²) in [6.45, 7) is 3.89. The molecule has 1 aromatic rings. The van der Waals surface area contributed by atoms with Crippen LogP contribution in [0.15, 0.2) is 54.9 Å². The highest BCUT2D eigenvalue weighted by Crippen LogP contribution is 2.18. The fourth-order valence-corrected chi connectivity index (χ4v) is 1.68. The van der Waals surface area contributed by atoms with Crippen LogP contribution in [0, 0.1) is 5.41 Å². The molecule has 0 saturated carbocycles. The van der Waals surface area contributed by atoms with E-state index in [1.165, 1.54) is 4.90 Å². The maximum atomic E-state index is 12.2. The van der Waals surface area contributed by atoms with Gasteiger partial charge in [0.15, 0.2) is 0 Å². The Kier molecular flexibility index (Phi) is 3.19. The van der Waals surface area contributed by atoms with Crippen LogP contribution < -0.4 is 0 Å². The minimum atomic E-state index is -0.0958. The van der Waals surface area contributed by atoms with Crippen molar-refractivity contribution in [2.75, 3.05) is 0 Å². The largest absolute Gasteiger partial charge is 0.305 e. The third-order valence-corrected chi connectivity index (χ3v) is 2.69.